The van der Waals surface area contributed by atoms with Gasteiger partial charge in [-0.15, -0.1) is 11.3 Å². The van der Waals surface area contributed by atoms with Crippen molar-refractivity contribution in [3.8, 4) is 0 Å². The molecule has 150 valence electrons. The number of nitrogens with one attached hydrogen (secondary N) is 1. The SMILES string of the molecule is O=C(O)[C@H](Cc1ccccc1)NC(=O)N1CCC(c2nc3ccccc3s2)CC1. The first-order chi connectivity index (χ1) is 14.1. The van der Waals surface area contributed by atoms with Gasteiger partial charge in [0.05, 0.1) is 15.2 Å². The fraction of sp³-hybridized carbons (Fsp3) is 0.318. The summed E-state index contributed by atoms with van der Waals surface area (Å²) in [5.41, 5.74) is 1.91. The molecule has 3 aromatic rings. The van der Waals surface area contributed by atoms with Crippen molar-refractivity contribution >= 4 is 33.6 Å². The Morgan fingerprint density at radius 3 is 2.48 bits per heavy atom. The van der Waals surface area contributed by atoms with Crippen molar-refractivity contribution in [2.75, 3.05) is 13.1 Å². The summed E-state index contributed by atoms with van der Waals surface area (Å²) >= 11 is 1.72. The zero-order chi connectivity index (χ0) is 20.2. The molecule has 0 saturated carbocycles. The zero-order valence-electron chi connectivity index (χ0n) is 16.0. The molecule has 1 atom stereocenters. The van der Waals surface area contributed by atoms with Gasteiger partial charge in [-0.25, -0.2) is 14.6 Å². The van der Waals surface area contributed by atoms with Crippen molar-refractivity contribution in [1.29, 1.82) is 0 Å². The van der Waals surface area contributed by atoms with Gasteiger partial charge in [-0.3, -0.25) is 0 Å². The normalized spacial score (nSPS) is 15.9. The number of carboxylic acid groups (broad SMARTS) is 1. The number of aromatic nitrogens is 1. The number of benzene rings is 2. The minimum absolute atomic E-state index is 0.268. The summed E-state index contributed by atoms with van der Waals surface area (Å²) in [5, 5.41) is 13.3. The van der Waals surface area contributed by atoms with E-state index >= 15 is 0 Å². The van der Waals surface area contributed by atoms with E-state index in [4.69, 9.17) is 4.98 Å². The standard InChI is InChI=1S/C22H23N3O3S/c26-21(27)18(14-15-6-2-1-3-7-15)24-22(28)25-12-10-16(11-13-25)20-23-17-8-4-5-9-19(17)29-20/h1-9,16,18H,10-14H2,(H,24,28)(H,26,27)/t18-/m0/s1. The molecule has 6 nitrogen and oxygen atoms in total. The summed E-state index contributed by atoms with van der Waals surface area (Å²) in [4.78, 5) is 30.7. The predicted octanol–water partition coefficient (Wildman–Crippen LogP) is 3.88. The molecule has 7 heteroatoms. The van der Waals surface area contributed by atoms with Crippen molar-refractivity contribution in [3.63, 3.8) is 0 Å². The largest absolute Gasteiger partial charge is 0.480 e. The van der Waals surface area contributed by atoms with E-state index in [9.17, 15) is 14.7 Å². The van der Waals surface area contributed by atoms with Gasteiger partial charge in [0.1, 0.15) is 6.04 Å². The summed E-state index contributed by atoms with van der Waals surface area (Å²) in [5.74, 6) is -0.678. The lowest BCUT2D eigenvalue weighted by Crippen LogP contribution is -2.50. The molecule has 1 fully saturated rings. The lowest BCUT2D eigenvalue weighted by molar-refractivity contribution is -0.139. The lowest BCUT2D eigenvalue weighted by Gasteiger charge is -2.32. The predicted molar refractivity (Wildman–Crippen MR) is 113 cm³/mol. The highest BCUT2D eigenvalue weighted by molar-refractivity contribution is 7.18. The van der Waals surface area contributed by atoms with Crippen LogP contribution < -0.4 is 5.32 Å². The molecule has 2 aromatic carbocycles. The Kier molecular flexibility index (Phi) is 5.76. The monoisotopic (exact) mass is 409 g/mol. The van der Waals surface area contributed by atoms with Crippen LogP contribution in [0.25, 0.3) is 10.2 Å². The van der Waals surface area contributed by atoms with E-state index in [1.165, 1.54) is 4.70 Å². The topological polar surface area (TPSA) is 82.5 Å². The van der Waals surface area contributed by atoms with Gasteiger partial charge >= 0.3 is 12.0 Å². The number of urea groups is 1. The number of nitrogens with zero attached hydrogens (tertiary/aromatic N) is 2. The first-order valence-corrected chi connectivity index (χ1v) is 10.6. The number of carbonyl (C=O) groups is 2. The maximum Gasteiger partial charge on any atom is 0.326 e. The molecule has 1 saturated heterocycles. The van der Waals surface area contributed by atoms with E-state index in [2.05, 4.69) is 11.4 Å². The second kappa shape index (κ2) is 8.61. The molecule has 0 radical (unpaired) electrons. The van der Waals surface area contributed by atoms with Gasteiger partial charge in [0.15, 0.2) is 0 Å². The zero-order valence-corrected chi connectivity index (χ0v) is 16.8. The summed E-state index contributed by atoms with van der Waals surface area (Å²) in [6.45, 7) is 1.20. The average Bonchev–Trinajstić information content (AvgIpc) is 3.18. The molecule has 0 aliphatic carbocycles. The van der Waals surface area contributed by atoms with Gasteiger partial charge in [-0.1, -0.05) is 42.5 Å². The van der Waals surface area contributed by atoms with E-state index in [1.807, 2.05) is 48.5 Å². The van der Waals surface area contributed by atoms with Crippen LogP contribution in [0.5, 0.6) is 0 Å². The van der Waals surface area contributed by atoms with Crippen LogP contribution in [0.1, 0.15) is 29.3 Å². The van der Waals surface area contributed by atoms with Gasteiger partial charge in [0, 0.05) is 25.4 Å². The first kappa shape index (κ1) is 19.4. The summed E-state index contributed by atoms with van der Waals surface area (Å²) in [7, 11) is 0. The molecule has 0 unspecified atom stereocenters. The Labute approximate surface area is 173 Å². The Hall–Kier alpha value is -2.93. The number of carbonyl (C=O) groups excluding carboxylic acids is 1. The first-order valence-electron chi connectivity index (χ1n) is 9.78. The fourth-order valence-electron chi connectivity index (χ4n) is 3.68. The number of likely N-dealkylation sites (tertiary alicyclic amines) is 1. The van der Waals surface area contributed by atoms with Crippen molar-refractivity contribution in [1.82, 2.24) is 15.2 Å². The molecular weight excluding hydrogens is 386 g/mol. The Morgan fingerprint density at radius 1 is 1.10 bits per heavy atom. The molecule has 1 aliphatic rings. The van der Waals surface area contributed by atoms with Gasteiger partial charge in [0.2, 0.25) is 0 Å². The highest BCUT2D eigenvalue weighted by Crippen LogP contribution is 2.33. The lowest BCUT2D eigenvalue weighted by atomic mass is 9.98. The molecule has 0 spiro atoms. The molecular formula is C22H23N3O3S. The molecule has 1 aliphatic heterocycles. The van der Waals surface area contributed by atoms with Crippen molar-refractivity contribution in [2.45, 2.75) is 31.2 Å². The second-order valence-electron chi connectivity index (χ2n) is 7.31. The number of piperidine rings is 1. The van der Waals surface area contributed by atoms with Crippen molar-refractivity contribution in [2.24, 2.45) is 0 Å². The van der Waals surface area contributed by atoms with E-state index in [0.717, 1.165) is 28.9 Å². The van der Waals surface area contributed by atoms with Crippen molar-refractivity contribution in [3.05, 3.63) is 65.2 Å². The van der Waals surface area contributed by atoms with Crippen LogP contribution in [-0.4, -0.2) is 46.1 Å². The molecule has 2 N–H and O–H groups in total. The van der Waals surface area contributed by atoms with Crippen LogP contribution in [-0.2, 0) is 11.2 Å². The van der Waals surface area contributed by atoms with Gasteiger partial charge in [0.25, 0.3) is 0 Å². The molecule has 1 aromatic heterocycles. The van der Waals surface area contributed by atoms with Crippen LogP contribution in [0.3, 0.4) is 0 Å². The number of para-hydroxylation sites is 1. The number of rotatable bonds is 5. The third-order valence-corrected chi connectivity index (χ3v) is 6.52. The molecule has 2 heterocycles. The number of thiazole rings is 1. The van der Waals surface area contributed by atoms with Gasteiger partial charge in [-0.2, -0.15) is 0 Å². The number of amides is 2. The van der Waals surface area contributed by atoms with Gasteiger partial charge in [-0.05, 0) is 30.5 Å². The third kappa shape index (κ3) is 4.56. The number of hydrogen-bond donors (Lipinski definition) is 2. The Balaban J connectivity index is 1.34. The van der Waals surface area contributed by atoms with Crippen molar-refractivity contribution < 1.29 is 14.7 Å². The van der Waals surface area contributed by atoms with Crippen LogP contribution in [0.15, 0.2) is 54.6 Å². The van der Waals surface area contributed by atoms with Crippen LogP contribution in [0.4, 0.5) is 4.79 Å². The Bertz CT molecular complexity index is 964. The van der Waals surface area contributed by atoms with E-state index in [1.54, 1.807) is 16.2 Å². The van der Waals surface area contributed by atoms with Gasteiger partial charge < -0.3 is 15.3 Å². The maximum atomic E-state index is 12.6. The second-order valence-corrected chi connectivity index (χ2v) is 8.37. The number of aliphatic carboxylic acids is 1. The van der Waals surface area contributed by atoms with E-state index < -0.39 is 12.0 Å². The fourth-order valence-corrected chi connectivity index (χ4v) is 4.82. The minimum atomic E-state index is -1.02. The van der Waals surface area contributed by atoms with Crippen LogP contribution >= 0.6 is 11.3 Å². The molecule has 2 amide bonds. The van der Waals surface area contributed by atoms with E-state index in [-0.39, 0.29) is 12.5 Å². The van der Waals surface area contributed by atoms with Crippen LogP contribution in [0.2, 0.25) is 0 Å². The number of fused-ring (bicyclic) bond motifs is 1. The quantitative estimate of drug-likeness (QED) is 0.670. The number of carboxylic acids is 1. The smallest absolute Gasteiger partial charge is 0.326 e. The maximum absolute atomic E-state index is 12.6. The summed E-state index contributed by atoms with van der Waals surface area (Å²) in [6, 6.07) is 16.2. The summed E-state index contributed by atoms with van der Waals surface area (Å²) < 4.78 is 1.19. The minimum Gasteiger partial charge on any atom is -0.480 e. The van der Waals surface area contributed by atoms with Crippen LogP contribution in [0, 0.1) is 0 Å². The molecule has 0 bridgehead atoms. The number of hydrogen-bond acceptors (Lipinski definition) is 4. The molecule has 29 heavy (non-hydrogen) atoms. The summed E-state index contributed by atoms with van der Waals surface area (Å²) in [6.07, 6.45) is 1.94. The highest BCUT2D eigenvalue weighted by atomic mass is 32.1. The third-order valence-electron chi connectivity index (χ3n) is 5.32. The van der Waals surface area contributed by atoms with E-state index in [0.29, 0.717) is 19.0 Å². The average molecular weight is 410 g/mol. The Morgan fingerprint density at radius 2 is 1.79 bits per heavy atom. The highest BCUT2D eigenvalue weighted by Gasteiger charge is 2.28. The molecule has 4 rings (SSSR count).